The van der Waals surface area contributed by atoms with E-state index in [1.54, 1.807) is 0 Å². The molecule has 1 aliphatic rings. The molecule has 0 heteroatoms. The molecular formula is C17H38. The van der Waals surface area contributed by atoms with Crippen LogP contribution in [-0.2, 0) is 0 Å². The van der Waals surface area contributed by atoms with Gasteiger partial charge in [-0.05, 0) is 30.1 Å². The van der Waals surface area contributed by atoms with Crippen LogP contribution in [0.5, 0.6) is 0 Å². The van der Waals surface area contributed by atoms with Crippen LogP contribution in [0.1, 0.15) is 93.9 Å². The predicted molar refractivity (Wildman–Crippen MR) is 82.5 cm³/mol. The van der Waals surface area contributed by atoms with Crippen molar-refractivity contribution in [3.05, 3.63) is 0 Å². The Balaban J connectivity index is 0. The Kier molecular flexibility index (Phi) is 11.3. The minimum absolute atomic E-state index is 0. The van der Waals surface area contributed by atoms with Crippen molar-refractivity contribution in [2.75, 3.05) is 0 Å². The summed E-state index contributed by atoms with van der Waals surface area (Å²) < 4.78 is 0. The third kappa shape index (κ3) is 7.84. The van der Waals surface area contributed by atoms with Crippen molar-refractivity contribution in [3.8, 4) is 0 Å². The zero-order valence-electron chi connectivity index (χ0n) is 12.6. The van der Waals surface area contributed by atoms with Crippen LogP contribution in [0.4, 0.5) is 0 Å². The van der Waals surface area contributed by atoms with E-state index in [0.717, 1.165) is 11.8 Å². The molecule has 106 valence electrons. The molecule has 1 aliphatic carbocycles. The lowest BCUT2D eigenvalue weighted by Gasteiger charge is -2.35. The molecular weight excluding hydrogens is 204 g/mol. The Morgan fingerprint density at radius 2 is 1.59 bits per heavy atom. The largest absolute Gasteiger partial charge is 0.0776 e. The van der Waals surface area contributed by atoms with Crippen LogP contribution in [0, 0.1) is 17.3 Å². The normalized spacial score (nSPS) is 24.4. The highest BCUT2D eigenvalue weighted by Gasteiger charge is 2.27. The fourth-order valence-corrected chi connectivity index (χ4v) is 3.18. The first kappa shape index (κ1) is 19.3. The molecule has 2 atom stereocenters. The quantitative estimate of drug-likeness (QED) is 0.515. The van der Waals surface area contributed by atoms with Crippen LogP contribution in [0.15, 0.2) is 0 Å². The highest BCUT2D eigenvalue weighted by Crippen LogP contribution is 2.39. The minimum atomic E-state index is 0. The lowest BCUT2D eigenvalue weighted by Crippen LogP contribution is -2.24. The molecule has 1 rings (SSSR count). The smallest absolute Gasteiger partial charge is 0.0352 e. The van der Waals surface area contributed by atoms with E-state index in [1.165, 1.54) is 44.9 Å². The van der Waals surface area contributed by atoms with Gasteiger partial charge in [0.25, 0.3) is 0 Å². The van der Waals surface area contributed by atoms with E-state index in [0.29, 0.717) is 5.41 Å². The zero-order chi connectivity index (χ0) is 12.6. The summed E-state index contributed by atoms with van der Waals surface area (Å²) in [6.45, 7) is 13.7. The molecule has 0 aliphatic heterocycles. The summed E-state index contributed by atoms with van der Waals surface area (Å²) in [5, 5.41) is 0. The maximum absolute atomic E-state index is 2.46. The van der Waals surface area contributed by atoms with Gasteiger partial charge in [0.2, 0.25) is 0 Å². The van der Waals surface area contributed by atoms with Gasteiger partial charge in [0.1, 0.15) is 0 Å². The molecule has 0 aromatic rings. The van der Waals surface area contributed by atoms with Crippen molar-refractivity contribution in [2.24, 2.45) is 17.3 Å². The second kappa shape index (κ2) is 9.97. The zero-order valence-corrected chi connectivity index (χ0v) is 12.6. The van der Waals surface area contributed by atoms with Crippen LogP contribution in [0.2, 0.25) is 0 Å². The van der Waals surface area contributed by atoms with Gasteiger partial charge in [-0.1, -0.05) is 81.1 Å². The molecule has 0 N–H and O–H groups in total. The Labute approximate surface area is 112 Å². The van der Waals surface area contributed by atoms with Crippen molar-refractivity contribution in [2.45, 2.75) is 93.9 Å². The Morgan fingerprint density at radius 1 is 1.06 bits per heavy atom. The third-order valence-electron chi connectivity index (χ3n) is 4.03. The van der Waals surface area contributed by atoms with Gasteiger partial charge in [0, 0.05) is 0 Å². The van der Waals surface area contributed by atoms with E-state index in [1.807, 2.05) is 13.8 Å². The molecule has 0 aromatic heterocycles. The first-order chi connectivity index (χ1) is 7.55. The van der Waals surface area contributed by atoms with Crippen molar-refractivity contribution < 1.29 is 0 Å². The van der Waals surface area contributed by atoms with Crippen LogP contribution in [-0.4, -0.2) is 0 Å². The van der Waals surface area contributed by atoms with E-state index >= 15 is 0 Å². The van der Waals surface area contributed by atoms with Crippen LogP contribution in [0.3, 0.4) is 0 Å². The van der Waals surface area contributed by atoms with Crippen LogP contribution >= 0.6 is 0 Å². The van der Waals surface area contributed by atoms with E-state index in [-0.39, 0.29) is 7.43 Å². The van der Waals surface area contributed by atoms with Gasteiger partial charge in [0.15, 0.2) is 0 Å². The summed E-state index contributed by atoms with van der Waals surface area (Å²) in [5.41, 5.74) is 0.588. The van der Waals surface area contributed by atoms with E-state index in [4.69, 9.17) is 0 Å². The number of rotatable bonds is 4. The highest BCUT2D eigenvalue weighted by molar-refractivity contribution is 4.79. The molecule has 0 radical (unpaired) electrons. The second-order valence-electron chi connectivity index (χ2n) is 6.14. The molecule has 0 aromatic carbocycles. The molecule has 1 fully saturated rings. The summed E-state index contributed by atoms with van der Waals surface area (Å²) in [6.07, 6.45) is 10.1. The van der Waals surface area contributed by atoms with Crippen molar-refractivity contribution in [1.29, 1.82) is 0 Å². The van der Waals surface area contributed by atoms with Gasteiger partial charge in [-0.3, -0.25) is 0 Å². The van der Waals surface area contributed by atoms with Crippen molar-refractivity contribution >= 4 is 0 Å². The van der Waals surface area contributed by atoms with Gasteiger partial charge in [-0.2, -0.15) is 0 Å². The molecule has 0 spiro atoms. The molecule has 0 bridgehead atoms. The van der Waals surface area contributed by atoms with Gasteiger partial charge in [0.05, 0.1) is 0 Å². The van der Waals surface area contributed by atoms with Gasteiger partial charge in [-0.15, -0.1) is 0 Å². The fraction of sp³-hybridized carbons (Fsp3) is 1.00. The maximum atomic E-state index is 2.46. The Hall–Kier alpha value is 0. The summed E-state index contributed by atoms with van der Waals surface area (Å²) in [7, 11) is 0. The van der Waals surface area contributed by atoms with E-state index in [9.17, 15) is 0 Å². The molecule has 17 heavy (non-hydrogen) atoms. The molecule has 2 unspecified atom stereocenters. The Morgan fingerprint density at radius 3 is 2.06 bits per heavy atom. The molecule has 0 nitrogen and oxygen atoms in total. The van der Waals surface area contributed by atoms with Crippen molar-refractivity contribution in [3.63, 3.8) is 0 Å². The predicted octanol–water partition coefficient (Wildman–Crippen LogP) is 6.69. The summed E-state index contributed by atoms with van der Waals surface area (Å²) in [6, 6.07) is 0. The van der Waals surface area contributed by atoms with Gasteiger partial charge >= 0.3 is 0 Å². The summed E-state index contributed by atoms with van der Waals surface area (Å²) in [5.74, 6) is 2.00. The SMILES string of the molecule is C.CC.CCCC(C)(C)CC1CCCCC1C. The van der Waals surface area contributed by atoms with E-state index < -0.39 is 0 Å². The fourth-order valence-electron chi connectivity index (χ4n) is 3.18. The first-order valence-corrected chi connectivity index (χ1v) is 7.55. The standard InChI is InChI=1S/C14H28.C2H6.CH4/c1-5-10-14(3,4)11-13-9-7-6-8-12(13)2;1-2;/h12-13H,5-11H2,1-4H3;1-2H3;1H4. The third-order valence-corrected chi connectivity index (χ3v) is 4.03. The van der Waals surface area contributed by atoms with Crippen molar-refractivity contribution in [1.82, 2.24) is 0 Å². The second-order valence-corrected chi connectivity index (χ2v) is 6.14. The van der Waals surface area contributed by atoms with E-state index in [2.05, 4.69) is 27.7 Å². The number of hydrogen-bond donors (Lipinski definition) is 0. The molecule has 0 amide bonds. The van der Waals surface area contributed by atoms with Gasteiger partial charge in [-0.25, -0.2) is 0 Å². The summed E-state index contributed by atoms with van der Waals surface area (Å²) >= 11 is 0. The van der Waals surface area contributed by atoms with Crippen LogP contribution in [0.25, 0.3) is 0 Å². The molecule has 1 saturated carbocycles. The van der Waals surface area contributed by atoms with Gasteiger partial charge < -0.3 is 0 Å². The highest BCUT2D eigenvalue weighted by atomic mass is 14.3. The molecule has 0 saturated heterocycles. The monoisotopic (exact) mass is 242 g/mol. The minimum Gasteiger partial charge on any atom is -0.0776 e. The number of hydrogen-bond acceptors (Lipinski definition) is 0. The topological polar surface area (TPSA) is 0 Å². The molecule has 0 heterocycles. The summed E-state index contributed by atoms with van der Waals surface area (Å²) in [4.78, 5) is 0. The average Bonchev–Trinajstić information content (AvgIpc) is 2.24. The average molecular weight is 242 g/mol. The lowest BCUT2D eigenvalue weighted by atomic mass is 9.70. The lowest BCUT2D eigenvalue weighted by molar-refractivity contribution is 0.160. The first-order valence-electron chi connectivity index (χ1n) is 7.55. The Bertz CT molecular complexity index is 157. The maximum Gasteiger partial charge on any atom is -0.0352 e. The van der Waals surface area contributed by atoms with Crippen LogP contribution < -0.4 is 0 Å².